The van der Waals surface area contributed by atoms with Crippen LogP contribution in [0, 0.1) is 5.82 Å². The van der Waals surface area contributed by atoms with E-state index in [0.29, 0.717) is 43.6 Å². The van der Waals surface area contributed by atoms with Crippen molar-refractivity contribution in [3.63, 3.8) is 0 Å². The average molecular weight is 708 g/mol. The van der Waals surface area contributed by atoms with E-state index in [1.165, 1.54) is 27.0 Å². The molecule has 1 amide bonds. The van der Waals surface area contributed by atoms with Gasteiger partial charge in [-0.15, -0.1) is 0 Å². The number of pyridine rings is 1. The van der Waals surface area contributed by atoms with Crippen LogP contribution >= 0.6 is 0 Å². The Labute approximate surface area is 300 Å². The molecule has 10 nitrogen and oxygen atoms in total. The highest BCUT2D eigenvalue weighted by Crippen LogP contribution is 2.29. The Bertz CT molecular complexity index is 2180. The van der Waals surface area contributed by atoms with Crippen LogP contribution in [-0.4, -0.2) is 61.5 Å². The third-order valence-corrected chi connectivity index (χ3v) is 10.2. The molecule has 1 fully saturated rings. The molecule has 2 aromatic carbocycles. The number of carbonyl (C=O) groups is 1. The van der Waals surface area contributed by atoms with Gasteiger partial charge in [0.1, 0.15) is 17.3 Å². The van der Waals surface area contributed by atoms with Crippen molar-refractivity contribution in [2.24, 2.45) is 0 Å². The number of carbonyl (C=O) groups excluding carboxylic acids is 1. The lowest BCUT2D eigenvalue weighted by Crippen LogP contribution is -2.48. The van der Waals surface area contributed by atoms with Crippen LogP contribution in [0.15, 0.2) is 106 Å². The van der Waals surface area contributed by atoms with Crippen LogP contribution < -0.4 is 21.9 Å². The maximum atomic E-state index is 14.5. The first kappa shape index (κ1) is 35.1. The number of nitrogens with one attached hydrogen (secondary N) is 2. The first-order valence-corrected chi connectivity index (χ1v) is 18.1. The van der Waals surface area contributed by atoms with Gasteiger partial charge in [0.05, 0.1) is 23.3 Å². The van der Waals surface area contributed by atoms with Gasteiger partial charge in [0.2, 0.25) is 0 Å². The van der Waals surface area contributed by atoms with Crippen molar-refractivity contribution in [2.45, 2.75) is 70.6 Å². The smallest absolute Gasteiger partial charge is 0.337 e. The molecule has 1 unspecified atom stereocenters. The molecule has 52 heavy (non-hydrogen) atoms. The van der Waals surface area contributed by atoms with Crippen LogP contribution in [0.25, 0.3) is 27.8 Å². The molecule has 0 bridgehead atoms. The van der Waals surface area contributed by atoms with Crippen LogP contribution in [0.1, 0.15) is 57.6 Å². The van der Waals surface area contributed by atoms with Gasteiger partial charge >= 0.3 is 5.69 Å². The molecule has 7 rings (SSSR count). The van der Waals surface area contributed by atoms with Gasteiger partial charge in [-0.25, -0.2) is 23.1 Å². The Morgan fingerprint density at radius 1 is 1.00 bits per heavy atom. The van der Waals surface area contributed by atoms with Gasteiger partial charge in [0.15, 0.2) is 5.65 Å². The Hall–Kier alpha value is -5.36. The predicted octanol–water partition coefficient (Wildman–Crippen LogP) is 5.68. The maximum Gasteiger partial charge on any atom is 0.337 e. The fraction of sp³-hybridized carbons (Fsp3) is 0.350. The van der Waals surface area contributed by atoms with Crippen molar-refractivity contribution >= 4 is 16.9 Å². The van der Waals surface area contributed by atoms with E-state index in [1.807, 2.05) is 18.2 Å². The lowest BCUT2D eigenvalue weighted by molar-refractivity contribution is -0.119. The van der Waals surface area contributed by atoms with Crippen molar-refractivity contribution in [3.8, 4) is 16.8 Å². The summed E-state index contributed by atoms with van der Waals surface area (Å²) in [4.78, 5) is 49.6. The molecular weight excluding hydrogens is 664 g/mol. The molecule has 0 spiro atoms. The quantitative estimate of drug-likeness (QED) is 0.219. The lowest BCUT2D eigenvalue weighted by Gasteiger charge is -2.34. The molecule has 1 aliphatic carbocycles. The van der Waals surface area contributed by atoms with Crippen LogP contribution in [0.5, 0.6) is 0 Å². The van der Waals surface area contributed by atoms with E-state index in [4.69, 9.17) is 0 Å². The minimum absolute atomic E-state index is 0.0176. The monoisotopic (exact) mass is 707 g/mol. The number of aromatic nitrogens is 3. The summed E-state index contributed by atoms with van der Waals surface area (Å²) in [7, 11) is 0. The molecule has 1 atom stereocenters. The number of fused-ring (bicyclic) bond motifs is 2. The number of amides is 1. The van der Waals surface area contributed by atoms with Gasteiger partial charge in [-0.3, -0.25) is 19.1 Å². The minimum Gasteiger partial charge on any atom is -0.377 e. The zero-order valence-electron chi connectivity index (χ0n) is 29.4. The molecule has 2 aliphatic heterocycles. The Balaban J connectivity index is 1.13. The molecule has 0 radical (unpaired) electrons. The molecule has 4 heterocycles. The van der Waals surface area contributed by atoms with Crippen LogP contribution in [-0.2, 0) is 11.3 Å². The normalized spacial score (nSPS) is 19.9. The van der Waals surface area contributed by atoms with Crippen molar-refractivity contribution in [1.82, 2.24) is 34.6 Å². The summed E-state index contributed by atoms with van der Waals surface area (Å²) in [6, 6.07) is 16.3. The molecule has 12 heteroatoms. The Morgan fingerprint density at radius 2 is 1.79 bits per heavy atom. The molecule has 3 aliphatic rings. The third-order valence-electron chi connectivity index (χ3n) is 10.2. The first-order chi connectivity index (χ1) is 25.2. The zero-order chi connectivity index (χ0) is 36.4. The summed E-state index contributed by atoms with van der Waals surface area (Å²) >= 11 is 0. The van der Waals surface area contributed by atoms with Crippen molar-refractivity contribution in [2.75, 3.05) is 19.6 Å². The second kappa shape index (κ2) is 15.1. The van der Waals surface area contributed by atoms with Gasteiger partial charge in [0.25, 0.3) is 11.5 Å². The SMILES string of the molecule is CCCN(CC)Cc1ccc(-c2cccc(-n3c(=O)n(C4CCC(NC(=O)C5=CN6C=C(F)C=CC6CN5)CC4)c(=O)c4cc(F)cnc43)c2)cc1. The fourth-order valence-corrected chi connectivity index (χ4v) is 7.47. The van der Waals surface area contributed by atoms with Gasteiger partial charge in [-0.05, 0) is 86.2 Å². The fourth-order valence-electron chi connectivity index (χ4n) is 7.47. The van der Waals surface area contributed by atoms with E-state index >= 15 is 0 Å². The van der Waals surface area contributed by atoms with Gasteiger partial charge in [-0.2, -0.15) is 0 Å². The van der Waals surface area contributed by atoms with Crippen LogP contribution in [0.2, 0.25) is 0 Å². The van der Waals surface area contributed by atoms with E-state index in [1.54, 1.807) is 23.2 Å². The highest BCUT2D eigenvalue weighted by Gasteiger charge is 2.30. The molecular formula is C40H43F2N7O3. The minimum atomic E-state index is -0.669. The molecule has 4 aromatic rings. The van der Waals surface area contributed by atoms with Crippen LogP contribution in [0.3, 0.4) is 0 Å². The number of rotatable bonds is 10. The summed E-state index contributed by atoms with van der Waals surface area (Å²) in [6.45, 7) is 7.70. The van der Waals surface area contributed by atoms with Crippen molar-refractivity contribution in [1.29, 1.82) is 0 Å². The molecule has 2 N–H and O–H groups in total. The zero-order valence-corrected chi connectivity index (χ0v) is 29.4. The molecule has 270 valence electrons. The Kier molecular flexibility index (Phi) is 10.2. The van der Waals surface area contributed by atoms with E-state index in [9.17, 15) is 23.2 Å². The summed E-state index contributed by atoms with van der Waals surface area (Å²) in [5.41, 5.74) is 2.89. The third kappa shape index (κ3) is 7.20. The van der Waals surface area contributed by atoms with E-state index < -0.39 is 23.1 Å². The standard InChI is InChI=1S/C40H43F2N7O3/c1-3-18-46(4-2)23-26-8-10-27(11-9-26)28-6-5-7-33(19-28)48-37-35(20-30(42)21-44-37)39(51)49(40(48)52)32-16-13-31(14-17-32)45-38(50)36-25-47-24-29(41)12-15-34(47)22-43-36/h5-12,15,19-21,24-25,31-32,34,43H,3-4,13-14,16-18,22-23H2,1-2H3,(H,45,50). The van der Waals surface area contributed by atoms with Crippen molar-refractivity contribution in [3.05, 3.63) is 129 Å². The average Bonchev–Trinajstić information content (AvgIpc) is 3.15. The number of benzene rings is 2. The highest BCUT2D eigenvalue weighted by atomic mass is 19.1. The number of hydrogen-bond acceptors (Lipinski definition) is 7. The summed E-state index contributed by atoms with van der Waals surface area (Å²) in [5, 5.41) is 6.19. The number of halogens is 2. The largest absolute Gasteiger partial charge is 0.377 e. The van der Waals surface area contributed by atoms with E-state index in [0.717, 1.165) is 49.4 Å². The number of allylic oxidation sites excluding steroid dienone is 2. The van der Waals surface area contributed by atoms with Gasteiger partial charge in [-0.1, -0.05) is 56.3 Å². The maximum absolute atomic E-state index is 14.5. The molecule has 2 aromatic heterocycles. The first-order valence-electron chi connectivity index (χ1n) is 18.1. The van der Waals surface area contributed by atoms with Gasteiger partial charge in [0, 0.05) is 37.6 Å². The predicted molar refractivity (Wildman–Crippen MR) is 198 cm³/mol. The summed E-state index contributed by atoms with van der Waals surface area (Å²) < 4.78 is 31.0. The highest BCUT2D eigenvalue weighted by molar-refractivity contribution is 5.93. The molecule has 1 saturated carbocycles. The topological polar surface area (TPSA) is 105 Å². The summed E-state index contributed by atoms with van der Waals surface area (Å²) in [6.07, 6.45) is 10.2. The lowest BCUT2D eigenvalue weighted by atomic mass is 9.90. The molecule has 0 saturated heterocycles. The van der Waals surface area contributed by atoms with Crippen molar-refractivity contribution < 1.29 is 13.6 Å². The van der Waals surface area contributed by atoms with Crippen LogP contribution in [0.4, 0.5) is 8.78 Å². The van der Waals surface area contributed by atoms with E-state index in [2.05, 4.69) is 58.6 Å². The second-order valence-corrected chi connectivity index (χ2v) is 13.7. The summed E-state index contributed by atoms with van der Waals surface area (Å²) in [5.74, 6) is -1.35. The van der Waals surface area contributed by atoms with Gasteiger partial charge < -0.3 is 15.5 Å². The number of nitrogens with zero attached hydrogens (tertiary/aromatic N) is 5. The van der Waals surface area contributed by atoms with E-state index in [-0.39, 0.29) is 34.9 Å². The second-order valence-electron chi connectivity index (χ2n) is 13.7. The Morgan fingerprint density at radius 3 is 2.54 bits per heavy atom. The number of hydrogen-bond donors (Lipinski definition) is 2.